The molecule has 5 heteroatoms. The Balaban J connectivity index is 1.70. The van der Waals surface area contributed by atoms with Crippen LogP contribution in [0.3, 0.4) is 0 Å². The first-order valence-corrected chi connectivity index (χ1v) is 8.67. The van der Waals surface area contributed by atoms with Gasteiger partial charge in [0.05, 0.1) is 0 Å². The van der Waals surface area contributed by atoms with Crippen molar-refractivity contribution in [3.05, 3.63) is 59.7 Å². The number of carbonyl (C=O) groups excluding carboxylic acids is 1. The van der Waals surface area contributed by atoms with Crippen LogP contribution < -0.4 is 4.90 Å². The molecule has 0 aliphatic carbocycles. The lowest BCUT2D eigenvalue weighted by molar-refractivity contribution is -0.108. The average Bonchev–Trinajstić information content (AvgIpc) is 2.94. The maximum absolute atomic E-state index is 13.9. The van der Waals surface area contributed by atoms with Crippen molar-refractivity contribution in [1.82, 2.24) is 4.90 Å². The van der Waals surface area contributed by atoms with Crippen LogP contribution in [-0.4, -0.2) is 36.9 Å². The van der Waals surface area contributed by atoms with Crippen molar-refractivity contribution in [1.29, 1.82) is 0 Å². The number of rotatable bonds is 4. The molecule has 2 atom stereocenters. The van der Waals surface area contributed by atoms with Gasteiger partial charge in [0.15, 0.2) is 0 Å². The first-order chi connectivity index (χ1) is 12.2. The summed E-state index contributed by atoms with van der Waals surface area (Å²) in [6, 6.07) is 11.6. The molecule has 1 saturated heterocycles. The number of nitrogens with zero attached hydrogens (tertiary/aromatic N) is 2. The van der Waals surface area contributed by atoms with Crippen molar-refractivity contribution < 1.29 is 13.6 Å². The minimum Gasteiger partial charge on any atom is -0.337 e. The van der Waals surface area contributed by atoms with Gasteiger partial charge in [0.25, 0.3) is 0 Å². The number of hydrogen-bond donors (Lipinski definition) is 0. The second kappa shape index (κ2) is 6.56. The molecule has 0 bridgehead atoms. The van der Waals surface area contributed by atoms with E-state index in [9.17, 15) is 13.6 Å². The SMILES string of the molecule is O=CCCN1CC[C@@H]2[C@@H](C1)c1cc(F)ccc1N2c1ccc(F)cc1. The second-order valence-electron chi connectivity index (χ2n) is 6.77. The minimum absolute atomic E-state index is 0.191. The van der Waals surface area contributed by atoms with E-state index in [1.54, 1.807) is 18.2 Å². The molecular weight excluding hydrogens is 322 g/mol. The van der Waals surface area contributed by atoms with Gasteiger partial charge in [-0.05, 0) is 54.4 Å². The molecule has 2 aliphatic heterocycles. The summed E-state index contributed by atoms with van der Waals surface area (Å²) in [7, 11) is 0. The largest absolute Gasteiger partial charge is 0.337 e. The lowest BCUT2D eigenvalue weighted by Gasteiger charge is -2.38. The number of halogens is 2. The summed E-state index contributed by atoms with van der Waals surface area (Å²) in [6.07, 6.45) is 2.39. The summed E-state index contributed by atoms with van der Waals surface area (Å²) in [5.74, 6) is -0.304. The van der Waals surface area contributed by atoms with Crippen LogP contribution in [0.2, 0.25) is 0 Å². The van der Waals surface area contributed by atoms with E-state index in [-0.39, 0.29) is 23.6 Å². The van der Waals surface area contributed by atoms with Crippen molar-refractivity contribution in [2.24, 2.45) is 0 Å². The van der Waals surface area contributed by atoms with E-state index < -0.39 is 0 Å². The first kappa shape index (κ1) is 16.2. The lowest BCUT2D eigenvalue weighted by atomic mass is 9.89. The van der Waals surface area contributed by atoms with Crippen molar-refractivity contribution in [2.45, 2.75) is 24.8 Å². The Morgan fingerprint density at radius 2 is 1.84 bits per heavy atom. The number of aldehydes is 1. The number of carbonyl (C=O) groups is 1. The number of anilines is 2. The fourth-order valence-electron chi connectivity index (χ4n) is 4.21. The molecule has 25 heavy (non-hydrogen) atoms. The van der Waals surface area contributed by atoms with Gasteiger partial charge in [0.1, 0.15) is 17.9 Å². The van der Waals surface area contributed by atoms with Crippen LogP contribution >= 0.6 is 0 Å². The summed E-state index contributed by atoms with van der Waals surface area (Å²) < 4.78 is 27.2. The van der Waals surface area contributed by atoms with Crippen LogP contribution in [0.15, 0.2) is 42.5 Å². The van der Waals surface area contributed by atoms with Crippen LogP contribution in [0, 0.1) is 11.6 Å². The van der Waals surface area contributed by atoms with Gasteiger partial charge in [0.2, 0.25) is 0 Å². The highest BCUT2D eigenvalue weighted by atomic mass is 19.1. The van der Waals surface area contributed by atoms with Crippen LogP contribution in [0.25, 0.3) is 0 Å². The predicted octanol–water partition coefficient (Wildman–Crippen LogP) is 3.86. The zero-order chi connectivity index (χ0) is 17.4. The monoisotopic (exact) mass is 342 g/mol. The third kappa shape index (κ3) is 2.93. The fraction of sp³-hybridized carbons (Fsp3) is 0.350. The highest BCUT2D eigenvalue weighted by Crippen LogP contribution is 2.48. The lowest BCUT2D eigenvalue weighted by Crippen LogP contribution is -2.45. The van der Waals surface area contributed by atoms with E-state index in [0.717, 1.165) is 49.3 Å². The Morgan fingerprint density at radius 3 is 2.60 bits per heavy atom. The maximum Gasteiger partial charge on any atom is 0.123 e. The van der Waals surface area contributed by atoms with E-state index in [1.165, 1.54) is 18.2 Å². The molecular formula is C20H20F2N2O. The molecule has 3 nitrogen and oxygen atoms in total. The van der Waals surface area contributed by atoms with E-state index in [4.69, 9.17) is 0 Å². The third-order valence-electron chi connectivity index (χ3n) is 5.31. The number of fused-ring (bicyclic) bond motifs is 3. The summed E-state index contributed by atoms with van der Waals surface area (Å²) >= 11 is 0. The molecule has 2 aromatic rings. The molecule has 2 aromatic carbocycles. The fourth-order valence-corrected chi connectivity index (χ4v) is 4.21. The quantitative estimate of drug-likeness (QED) is 0.788. The smallest absolute Gasteiger partial charge is 0.123 e. The van der Waals surface area contributed by atoms with E-state index in [0.29, 0.717) is 6.42 Å². The molecule has 1 fully saturated rings. The van der Waals surface area contributed by atoms with Crippen molar-refractivity contribution in [3.8, 4) is 0 Å². The third-order valence-corrected chi connectivity index (χ3v) is 5.31. The van der Waals surface area contributed by atoms with Gasteiger partial charge < -0.3 is 14.6 Å². The van der Waals surface area contributed by atoms with Gasteiger partial charge in [-0.2, -0.15) is 0 Å². The van der Waals surface area contributed by atoms with E-state index >= 15 is 0 Å². The van der Waals surface area contributed by atoms with Crippen LogP contribution in [-0.2, 0) is 4.79 Å². The van der Waals surface area contributed by atoms with Gasteiger partial charge in [-0.25, -0.2) is 8.78 Å². The predicted molar refractivity (Wildman–Crippen MR) is 93.2 cm³/mol. The Labute approximate surface area is 145 Å². The Bertz CT molecular complexity index is 778. The number of benzene rings is 2. The van der Waals surface area contributed by atoms with Gasteiger partial charge in [-0.1, -0.05) is 0 Å². The molecule has 0 amide bonds. The normalized spacial score (nSPS) is 22.6. The second-order valence-corrected chi connectivity index (χ2v) is 6.77. The molecule has 0 saturated carbocycles. The molecule has 0 unspecified atom stereocenters. The minimum atomic E-state index is -0.262. The molecule has 2 aliphatic rings. The molecule has 0 N–H and O–H groups in total. The van der Waals surface area contributed by atoms with Crippen LogP contribution in [0.1, 0.15) is 24.3 Å². The Hall–Kier alpha value is -2.27. The standard InChI is InChI=1S/C20H20F2N2O/c21-14-2-5-16(6-3-14)24-19-7-4-15(22)12-17(19)18-13-23(9-1-11-25)10-8-20(18)24/h2-7,11-12,18,20H,1,8-10,13H2/t18-,20+/m0/s1. The number of likely N-dealkylation sites (tertiary alicyclic amines) is 1. The van der Waals surface area contributed by atoms with Gasteiger partial charge in [-0.15, -0.1) is 0 Å². The molecule has 0 aromatic heterocycles. The summed E-state index contributed by atoms with van der Waals surface area (Å²) in [5, 5.41) is 0. The molecule has 0 radical (unpaired) electrons. The van der Waals surface area contributed by atoms with Crippen LogP contribution in [0.4, 0.5) is 20.2 Å². The first-order valence-electron chi connectivity index (χ1n) is 8.67. The zero-order valence-electron chi connectivity index (χ0n) is 13.9. The van der Waals surface area contributed by atoms with Crippen molar-refractivity contribution >= 4 is 17.7 Å². The Kier molecular flexibility index (Phi) is 4.25. The van der Waals surface area contributed by atoms with Crippen molar-refractivity contribution in [3.63, 3.8) is 0 Å². The molecule has 2 heterocycles. The number of piperidine rings is 1. The summed E-state index contributed by atoms with van der Waals surface area (Å²) in [6.45, 7) is 2.46. The average molecular weight is 342 g/mol. The van der Waals surface area contributed by atoms with Gasteiger partial charge in [-0.3, -0.25) is 0 Å². The van der Waals surface area contributed by atoms with E-state index in [1.807, 2.05) is 6.07 Å². The molecule has 4 rings (SSSR count). The van der Waals surface area contributed by atoms with Gasteiger partial charge >= 0.3 is 0 Å². The van der Waals surface area contributed by atoms with Crippen molar-refractivity contribution in [2.75, 3.05) is 24.5 Å². The number of hydrogen-bond acceptors (Lipinski definition) is 3. The topological polar surface area (TPSA) is 23.6 Å². The summed E-state index contributed by atoms with van der Waals surface area (Å²) in [5.41, 5.74) is 2.94. The summed E-state index contributed by atoms with van der Waals surface area (Å²) in [4.78, 5) is 15.2. The Morgan fingerprint density at radius 1 is 1.08 bits per heavy atom. The van der Waals surface area contributed by atoms with Gasteiger partial charge in [0, 0.05) is 49.4 Å². The zero-order valence-corrected chi connectivity index (χ0v) is 13.9. The molecule has 130 valence electrons. The molecule has 0 spiro atoms. The highest BCUT2D eigenvalue weighted by molar-refractivity contribution is 5.73. The van der Waals surface area contributed by atoms with Crippen LogP contribution in [0.5, 0.6) is 0 Å². The van der Waals surface area contributed by atoms with E-state index in [2.05, 4.69) is 9.80 Å². The highest BCUT2D eigenvalue weighted by Gasteiger charge is 2.42. The maximum atomic E-state index is 13.9.